The smallest absolute Gasteiger partial charge is 0.318 e. The molecule has 0 fully saturated rings. The lowest BCUT2D eigenvalue weighted by Crippen LogP contribution is -2.22. The molecule has 0 atom stereocenters. The molecule has 0 amide bonds. The predicted molar refractivity (Wildman–Crippen MR) is 97.3 cm³/mol. The second-order valence-electron chi connectivity index (χ2n) is 6.39. The summed E-state index contributed by atoms with van der Waals surface area (Å²) in [6.07, 6.45) is 2.00. The number of aromatic nitrogens is 4. The molecule has 0 unspecified atom stereocenters. The van der Waals surface area contributed by atoms with Gasteiger partial charge >= 0.3 is 5.97 Å². The number of hydrogen-bond donors (Lipinski definition) is 0. The molecule has 0 saturated carbocycles. The molecule has 0 aliphatic carbocycles. The van der Waals surface area contributed by atoms with E-state index in [-0.39, 0.29) is 12.6 Å². The molecule has 0 bridgehead atoms. The lowest BCUT2D eigenvalue weighted by atomic mass is 9.88. The van der Waals surface area contributed by atoms with Crippen molar-refractivity contribution in [1.29, 1.82) is 0 Å². The number of para-hydroxylation sites is 2. The normalized spacial score (nSPS) is 12.8. The first-order valence-electron chi connectivity index (χ1n) is 9.05. The van der Waals surface area contributed by atoms with Crippen molar-refractivity contribution < 1.29 is 14.3 Å². The fraction of sp³-hybridized carbons (Fsp3) is 0.300. The first-order valence-corrected chi connectivity index (χ1v) is 9.05. The van der Waals surface area contributed by atoms with E-state index in [0.29, 0.717) is 23.9 Å². The Balaban J connectivity index is 1.57. The van der Waals surface area contributed by atoms with Crippen LogP contribution in [0.2, 0.25) is 0 Å². The minimum atomic E-state index is -0.536. The topological polar surface area (TPSA) is 79.1 Å². The van der Waals surface area contributed by atoms with Crippen molar-refractivity contribution in [3.05, 3.63) is 65.5 Å². The SMILES string of the molecule is CCCCn1nnnc1COC(=O)C1c2ccccc2Oc2ccccc21. The van der Waals surface area contributed by atoms with Crippen LogP contribution in [0.1, 0.15) is 42.6 Å². The van der Waals surface area contributed by atoms with Gasteiger partial charge in [0, 0.05) is 17.7 Å². The Morgan fingerprint density at radius 2 is 1.78 bits per heavy atom. The second-order valence-corrected chi connectivity index (χ2v) is 6.39. The maximum atomic E-state index is 13.0. The van der Waals surface area contributed by atoms with E-state index in [2.05, 4.69) is 22.4 Å². The largest absolute Gasteiger partial charge is 0.457 e. The Kier molecular flexibility index (Phi) is 4.82. The molecule has 0 radical (unpaired) electrons. The average molecular weight is 364 g/mol. The number of esters is 1. The summed E-state index contributed by atoms with van der Waals surface area (Å²) in [4.78, 5) is 13.0. The van der Waals surface area contributed by atoms with E-state index in [1.807, 2.05) is 48.5 Å². The van der Waals surface area contributed by atoms with Gasteiger partial charge in [0.25, 0.3) is 0 Å². The Bertz CT molecular complexity index is 908. The first kappa shape index (κ1) is 17.2. The third-order valence-electron chi connectivity index (χ3n) is 4.59. The van der Waals surface area contributed by atoms with Crippen molar-refractivity contribution >= 4 is 5.97 Å². The van der Waals surface area contributed by atoms with E-state index >= 15 is 0 Å². The Labute approximate surface area is 156 Å². The molecule has 1 aliphatic heterocycles. The van der Waals surface area contributed by atoms with Crippen LogP contribution in [0, 0.1) is 0 Å². The summed E-state index contributed by atoms with van der Waals surface area (Å²) in [6, 6.07) is 15.1. The molecule has 27 heavy (non-hydrogen) atoms. The molecule has 3 aromatic rings. The van der Waals surface area contributed by atoms with Gasteiger partial charge in [0.1, 0.15) is 17.4 Å². The zero-order valence-electron chi connectivity index (χ0n) is 15.0. The number of rotatable bonds is 6. The minimum absolute atomic E-state index is 0.0389. The van der Waals surface area contributed by atoms with Crippen LogP contribution in [0.3, 0.4) is 0 Å². The van der Waals surface area contributed by atoms with Gasteiger partial charge in [-0.2, -0.15) is 0 Å². The summed E-state index contributed by atoms with van der Waals surface area (Å²) in [5, 5.41) is 11.6. The summed E-state index contributed by atoms with van der Waals surface area (Å²) in [5.41, 5.74) is 1.60. The van der Waals surface area contributed by atoms with Gasteiger partial charge in [0.15, 0.2) is 12.4 Å². The minimum Gasteiger partial charge on any atom is -0.457 e. The first-order chi connectivity index (χ1) is 13.3. The van der Waals surface area contributed by atoms with Gasteiger partial charge in [-0.1, -0.05) is 49.7 Å². The zero-order chi connectivity index (χ0) is 18.6. The highest BCUT2D eigenvalue weighted by Crippen LogP contribution is 2.44. The van der Waals surface area contributed by atoms with Crippen molar-refractivity contribution in [1.82, 2.24) is 20.2 Å². The van der Waals surface area contributed by atoms with Crippen LogP contribution >= 0.6 is 0 Å². The second kappa shape index (κ2) is 7.57. The monoisotopic (exact) mass is 364 g/mol. The van der Waals surface area contributed by atoms with Gasteiger partial charge in [0.2, 0.25) is 0 Å². The molecule has 4 rings (SSSR count). The summed E-state index contributed by atoms with van der Waals surface area (Å²) in [7, 11) is 0. The molecular weight excluding hydrogens is 344 g/mol. The lowest BCUT2D eigenvalue weighted by Gasteiger charge is -2.26. The van der Waals surface area contributed by atoms with E-state index in [9.17, 15) is 4.79 Å². The molecule has 0 N–H and O–H groups in total. The van der Waals surface area contributed by atoms with Gasteiger partial charge in [0.05, 0.1) is 0 Å². The zero-order valence-corrected chi connectivity index (χ0v) is 15.0. The number of hydrogen-bond acceptors (Lipinski definition) is 6. The number of carbonyl (C=O) groups is 1. The van der Waals surface area contributed by atoms with Crippen LogP contribution in [0.15, 0.2) is 48.5 Å². The van der Waals surface area contributed by atoms with Crippen molar-refractivity contribution in [2.24, 2.45) is 0 Å². The lowest BCUT2D eigenvalue weighted by molar-refractivity contribution is -0.146. The molecular formula is C20H20N4O3. The average Bonchev–Trinajstić information content (AvgIpc) is 3.16. The molecule has 2 aromatic carbocycles. The van der Waals surface area contributed by atoms with Gasteiger partial charge in [-0.3, -0.25) is 4.79 Å². The number of aryl methyl sites for hydroxylation is 1. The van der Waals surface area contributed by atoms with Crippen molar-refractivity contribution in [3.63, 3.8) is 0 Å². The van der Waals surface area contributed by atoms with Crippen molar-refractivity contribution in [2.45, 2.75) is 38.8 Å². The van der Waals surface area contributed by atoms with Gasteiger partial charge < -0.3 is 9.47 Å². The quantitative estimate of drug-likeness (QED) is 0.623. The van der Waals surface area contributed by atoms with E-state index in [1.165, 1.54) is 0 Å². The van der Waals surface area contributed by atoms with Crippen LogP contribution in [0.4, 0.5) is 0 Å². The number of unbranched alkanes of at least 4 members (excludes halogenated alkanes) is 1. The van der Waals surface area contributed by atoms with Gasteiger partial charge in [-0.05, 0) is 29.0 Å². The fourth-order valence-corrected chi connectivity index (χ4v) is 3.19. The molecule has 7 nitrogen and oxygen atoms in total. The maximum absolute atomic E-state index is 13.0. The van der Waals surface area contributed by atoms with Gasteiger partial charge in [-0.25, -0.2) is 4.68 Å². The number of nitrogens with zero attached hydrogens (tertiary/aromatic N) is 4. The highest BCUT2D eigenvalue weighted by molar-refractivity contribution is 5.85. The van der Waals surface area contributed by atoms with Crippen LogP contribution in [-0.4, -0.2) is 26.2 Å². The van der Waals surface area contributed by atoms with Crippen molar-refractivity contribution in [3.8, 4) is 11.5 Å². The third-order valence-corrected chi connectivity index (χ3v) is 4.59. The molecule has 2 heterocycles. The van der Waals surface area contributed by atoms with Crippen LogP contribution in [0.5, 0.6) is 11.5 Å². The molecule has 0 saturated heterocycles. The highest BCUT2D eigenvalue weighted by atomic mass is 16.5. The molecule has 0 spiro atoms. The highest BCUT2D eigenvalue weighted by Gasteiger charge is 2.33. The van der Waals surface area contributed by atoms with Crippen LogP contribution in [-0.2, 0) is 22.7 Å². The van der Waals surface area contributed by atoms with Gasteiger partial charge in [-0.15, -0.1) is 5.10 Å². The molecule has 138 valence electrons. The van der Waals surface area contributed by atoms with E-state index in [4.69, 9.17) is 9.47 Å². The van der Waals surface area contributed by atoms with Crippen LogP contribution < -0.4 is 4.74 Å². The third kappa shape index (κ3) is 3.40. The maximum Gasteiger partial charge on any atom is 0.318 e. The number of tetrazole rings is 1. The number of carbonyl (C=O) groups excluding carboxylic acids is 1. The Morgan fingerprint density at radius 3 is 2.44 bits per heavy atom. The molecule has 1 aliphatic rings. The summed E-state index contributed by atoms with van der Waals surface area (Å²) < 4.78 is 13.2. The summed E-state index contributed by atoms with van der Waals surface area (Å²) in [5.74, 6) is 1.01. The predicted octanol–water partition coefficient (Wildman–Crippen LogP) is 3.45. The number of fused-ring (bicyclic) bond motifs is 2. The Morgan fingerprint density at radius 1 is 1.11 bits per heavy atom. The standard InChI is InChI=1S/C20H20N4O3/c1-2-3-12-24-18(21-22-23-24)13-26-20(25)19-14-8-4-6-10-16(14)27-17-11-7-5-9-15(17)19/h4-11,19H,2-3,12-13H2,1H3. The van der Waals surface area contributed by atoms with E-state index in [0.717, 1.165) is 24.0 Å². The fourth-order valence-electron chi connectivity index (χ4n) is 3.19. The summed E-state index contributed by atoms with van der Waals surface area (Å²) in [6.45, 7) is 2.85. The number of benzene rings is 2. The molecule has 1 aromatic heterocycles. The number of ether oxygens (including phenoxy) is 2. The van der Waals surface area contributed by atoms with Crippen molar-refractivity contribution in [2.75, 3.05) is 0 Å². The summed E-state index contributed by atoms with van der Waals surface area (Å²) >= 11 is 0. The van der Waals surface area contributed by atoms with Crippen LogP contribution in [0.25, 0.3) is 0 Å². The Hall–Kier alpha value is -3.22. The van der Waals surface area contributed by atoms with E-state index < -0.39 is 5.92 Å². The van der Waals surface area contributed by atoms with E-state index in [1.54, 1.807) is 4.68 Å². The molecule has 7 heteroatoms.